The number of para-hydroxylation sites is 1. The molecule has 1 saturated heterocycles. The normalized spacial score (nSPS) is 20.9. The Morgan fingerprint density at radius 3 is 2.17 bits per heavy atom. The number of imide groups is 1. The summed E-state index contributed by atoms with van der Waals surface area (Å²) in [6.45, 7) is 0. The number of ether oxygens (including phenoxy) is 2. The monoisotopic (exact) mass is 473 g/mol. The second kappa shape index (κ2) is 8.83. The molecule has 2 aromatic carbocycles. The molecule has 0 N–H and O–H groups in total. The first kappa shape index (κ1) is 22.5. The highest BCUT2D eigenvalue weighted by atomic mass is 16.5. The maximum Gasteiger partial charge on any atom is 0.359 e. The average Bonchev–Trinajstić information content (AvgIpc) is 3.39. The highest BCUT2D eigenvalue weighted by Gasteiger charge is 2.56. The van der Waals surface area contributed by atoms with Gasteiger partial charge in [0.2, 0.25) is 11.8 Å². The fraction of sp³-hybridized carbons (Fsp3) is 0.269. The number of benzene rings is 2. The van der Waals surface area contributed by atoms with Gasteiger partial charge in [-0.15, -0.1) is 0 Å². The third-order valence-electron chi connectivity index (χ3n) is 6.70. The molecule has 0 radical (unpaired) electrons. The van der Waals surface area contributed by atoms with Crippen LogP contribution < -0.4 is 4.90 Å². The molecule has 2 aliphatic rings. The van der Waals surface area contributed by atoms with Crippen molar-refractivity contribution >= 4 is 29.4 Å². The van der Waals surface area contributed by atoms with E-state index in [1.165, 1.54) is 19.1 Å². The molecule has 178 valence electrons. The number of anilines is 1. The fourth-order valence-corrected chi connectivity index (χ4v) is 5.15. The maximum absolute atomic E-state index is 13.7. The molecular weight excluding hydrogens is 450 g/mol. The van der Waals surface area contributed by atoms with Crippen LogP contribution in [0.5, 0.6) is 0 Å². The van der Waals surface area contributed by atoms with Gasteiger partial charge in [-0.2, -0.15) is 5.10 Å². The van der Waals surface area contributed by atoms with Crippen LogP contribution in [0.25, 0.3) is 0 Å². The molecule has 1 fully saturated rings. The van der Waals surface area contributed by atoms with E-state index in [-0.39, 0.29) is 29.5 Å². The molecule has 9 nitrogen and oxygen atoms in total. The van der Waals surface area contributed by atoms with Gasteiger partial charge in [0.05, 0.1) is 43.5 Å². The van der Waals surface area contributed by atoms with Gasteiger partial charge in [-0.3, -0.25) is 14.3 Å². The van der Waals surface area contributed by atoms with Gasteiger partial charge in [-0.1, -0.05) is 48.5 Å². The lowest BCUT2D eigenvalue weighted by Crippen LogP contribution is -2.38. The highest BCUT2D eigenvalue weighted by Crippen LogP contribution is 2.45. The number of nitrogens with zero attached hydrogens (tertiary/aromatic N) is 3. The number of amides is 2. The topological polar surface area (TPSA) is 108 Å². The molecule has 0 aliphatic carbocycles. The molecule has 35 heavy (non-hydrogen) atoms. The zero-order valence-electron chi connectivity index (χ0n) is 19.2. The van der Waals surface area contributed by atoms with Crippen molar-refractivity contribution in [2.45, 2.75) is 18.9 Å². The molecular formula is C26H23N3O6. The van der Waals surface area contributed by atoms with Crippen molar-refractivity contribution in [1.29, 1.82) is 0 Å². The summed E-state index contributed by atoms with van der Waals surface area (Å²) in [6, 6.07) is 17.7. The van der Waals surface area contributed by atoms with E-state index in [9.17, 15) is 19.2 Å². The lowest BCUT2D eigenvalue weighted by molar-refractivity contribution is -0.123. The van der Waals surface area contributed by atoms with Crippen molar-refractivity contribution in [3.8, 4) is 0 Å². The highest BCUT2D eigenvalue weighted by molar-refractivity contribution is 6.22. The minimum atomic E-state index is -0.792. The summed E-state index contributed by atoms with van der Waals surface area (Å²) >= 11 is 0. The smallest absolute Gasteiger partial charge is 0.359 e. The van der Waals surface area contributed by atoms with E-state index < -0.39 is 29.8 Å². The van der Waals surface area contributed by atoms with E-state index in [0.29, 0.717) is 17.8 Å². The van der Waals surface area contributed by atoms with Crippen molar-refractivity contribution in [2.75, 3.05) is 19.1 Å². The Balaban J connectivity index is 1.67. The Labute approximate surface area is 201 Å². The summed E-state index contributed by atoms with van der Waals surface area (Å²) in [5.74, 6) is -3.64. The van der Waals surface area contributed by atoms with E-state index in [2.05, 4.69) is 5.10 Å². The minimum Gasteiger partial charge on any atom is -0.465 e. The minimum absolute atomic E-state index is 0.0331. The molecule has 3 heterocycles. The molecule has 0 unspecified atom stereocenters. The fourth-order valence-electron chi connectivity index (χ4n) is 5.15. The number of fused-ring (bicyclic) bond motifs is 2. The van der Waals surface area contributed by atoms with Crippen LogP contribution in [0.3, 0.4) is 0 Å². The van der Waals surface area contributed by atoms with Crippen molar-refractivity contribution < 1.29 is 28.7 Å². The molecule has 3 aromatic rings. The Hall–Kier alpha value is -4.27. The van der Waals surface area contributed by atoms with Crippen LogP contribution in [0.15, 0.2) is 60.7 Å². The Kier molecular flexibility index (Phi) is 5.68. The second-order valence-corrected chi connectivity index (χ2v) is 8.54. The van der Waals surface area contributed by atoms with E-state index in [1.807, 2.05) is 36.4 Å². The van der Waals surface area contributed by atoms with Gasteiger partial charge in [-0.25, -0.2) is 14.5 Å². The van der Waals surface area contributed by atoms with Gasteiger partial charge in [0.25, 0.3) is 0 Å². The number of carbonyl (C=O) groups is 4. The number of rotatable bonds is 5. The SMILES string of the molecule is COC(=O)c1nn2c(c1C(=O)OC)C[C@H]1C(=O)N(c3ccccc3)C(=O)[C@H]1[C@H]2Cc1ccccc1. The van der Waals surface area contributed by atoms with Crippen molar-refractivity contribution in [1.82, 2.24) is 9.78 Å². The Morgan fingerprint density at radius 2 is 1.54 bits per heavy atom. The summed E-state index contributed by atoms with van der Waals surface area (Å²) in [4.78, 5) is 53.7. The first-order valence-corrected chi connectivity index (χ1v) is 11.2. The molecule has 0 bridgehead atoms. The molecule has 2 aliphatic heterocycles. The summed E-state index contributed by atoms with van der Waals surface area (Å²) in [7, 11) is 2.41. The second-order valence-electron chi connectivity index (χ2n) is 8.54. The molecule has 1 aromatic heterocycles. The predicted molar refractivity (Wildman–Crippen MR) is 124 cm³/mol. The third kappa shape index (κ3) is 3.60. The van der Waals surface area contributed by atoms with Gasteiger partial charge >= 0.3 is 11.9 Å². The third-order valence-corrected chi connectivity index (χ3v) is 6.70. The number of hydrogen-bond acceptors (Lipinski definition) is 7. The lowest BCUT2D eigenvalue weighted by Gasteiger charge is -2.32. The molecule has 3 atom stereocenters. The molecule has 5 rings (SSSR count). The zero-order valence-corrected chi connectivity index (χ0v) is 19.2. The molecule has 0 spiro atoms. The van der Waals surface area contributed by atoms with Crippen LogP contribution in [0.1, 0.15) is 38.1 Å². The van der Waals surface area contributed by atoms with E-state index >= 15 is 0 Å². The first-order valence-electron chi connectivity index (χ1n) is 11.2. The first-order chi connectivity index (χ1) is 17.0. The van der Waals surface area contributed by atoms with E-state index in [1.54, 1.807) is 28.9 Å². The number of aromatic nitrogens is 2. The van der Waals surface area contributed by atoms with Crippen LogP contribution in [0, 0.1) is 11.8 Å². The maximum atomic E-state index is 13.7. The summed E-state index contributed by atoms with van der Waals surface area (Å²) in [5.41, 5.74) is 1.59. The number of esters is 2. The van der Waals surface area contributed by atoms with Crippen LogP contribution in [0.2, 0.25) is 0 Å². The van der Waals surface area contributed by atoms with Crippen molar-refractivity contribution in [3.05, 3.63) is 83.2 Å². The van der Waals surface area contributed by atoms with E-state index in [4.69, 9.17) is 9.47 Å². The van der Waals surface area contributed by atoms with Crippen LogP contribution in [-0.2, 0) is 31.9 Å². The van der Waals surface area contributed by atoms with Crippen LogP contribution >= 0.6 is 0 Å². The quantitative estimate of drug-likeness (QED) is 0.414. The average molecular weight is 473 g/mol. The van der Waals surface area contributed by atoms with Crippen molar-refractivity contribution in [2.24, 2.45) is 11.8 Å². The van der Waals surface area contributed by atoms with Gasteiger partial charge < -0.3 is 9.47 Å². The lowest BCUT2D eigenvalue weighted by atomic mass is 9.79. The van der Waals surface area contributed by atoms with E-state index in [0.717, 1.165) is 5.56 Å². The molecule has 2 amide bonds. The number of methoxy groups -OCH3 is 2. The summed E-state index contributed by atoms with van der Waals surface area (Å²) in [6.07, 6.45) is 0.442. The summed E-state index contributed by atoms with van der Waals surface area (Å²) < 4.78 is 11.3. The standard InChI is InChI=1S/C26H23N3O6/c1-34-25(32)21-19-14-17-20(24(31)28(23(17)30)16-11-7-4-8-12-16)18(13-15-9-5-3-6-10-15)29(19)27-22(21)26(33)35-2/h3-12,17-18,20H,13-14H2,1-2H3/t17-,18-,20-/m1/s1. The Morgan fingerprint density at radius 1 is 0.914 bits per heavy atom. The number of carbonyl (C=O) groups excluding carboxylic acids is 4. The summed E-state index contributed by atoms with van der Waals surface area (Å²) in [5, 5.41) is 4.45. The zero-order chi connectivity index (χ0) is 24.7. The molecule has 9 heteroatoms. The Bertz CT molecular complexity index is 1320. The predicted octanol–water partition coefficient (Wildman–Crippen LogP) is 2.60. The van der Waals surface area contributed by atoms with Crippen LogP contribution in [0.4, 0.5) is 5.69 Å². The largest absolute Gasteiger partial charge is 0.465 e. The number of hydrogen-bond donors (Lipinski definition) is 0. The van der Waals surface area contributed by atoms with Crippen LogP contribution in [-0.4, -0.2) is 47.8 Å². The van der Waals surface area contributed by atoms with Gasteiger partial charge in [0.1, 0.15) is 5.56 Å². The van der Waals surface area contributed by atoms with Gasteiger partial charge in [0.15, 0.2) is 5.69 Å². The van der Waals surface area contributed by atoms with Crippen molar-refractivity contribution in [3.63, 3.8) is 0 Å². The van der Waals surface area contributed by atoms with Gasteiger partial charge in [0, 0.05) is 6.42 Å². The molecule has 0 saturated carbocycles. The van der Waals surface area contributed by atoms with Gasteiger partial charge in [-0.05, 0) is 24.1 Å².